The van der Waals surface area contributed by atoms with Crippen LogP contribution in [-0.2, 0) is 10.8 Å². The molecule has 0 bridgehead atoms. The van der Waals surface area contributed by atoms with Gasteiger partial charge in [-0.25, -0.2) is 0 Å². The van der Waals surface area contributed by atoms with Gasteiger partial charge in [-0.1, -0.05) is 149 Å². The highest BCUT2D eigenvalue weighted by atomic mass is 15.1. The molecule has 0 aliphatic heterocycles. The molecule has 0 atom stereocenters. The molecule has 0 saturated carbocycles. The Kier molecular flexibility index (Phi) is 5.96. The van der Waals surface area contributed by atoms with E-state index in [0.29, 0.717) is 0 Å². The molecule has 7 aromatic rings. The van der Waals surface area contributed by atoms with Gasteiger partial charge in [0.2, 0.25) is 0 Å². The molecule has 0 radical (unpaired) electrons. The summed E-state index contributed by atoms with van der Waals surface area (Å²) in [6, 6.07) is 56.3. The van der Waals surface area contributed by atoms with Crippen LogP contribution in [0, 0.1) is 0 Å². The largest absolute Gasteiger partial charge is 0.310 e. The van der Waals surface area contributed by atoms with E-state index >= 15 is 0 Å². The number of benzene rings is 7. The maximum atomic E-state index is 2.50. The van der Waals surface area contributed by atoms with Crippen LogP contribution in [-0.4, -0.2) is 0 Å². The van der Waals surface area contributed by atoms with E-state index in [1.807, 2.05) is 0 Å². The first-order valence-corrected chi connectivity index (χ1v) is 16.7. The van der Waals surface area contributed by atoms with Crippen molar-refractivity contribution < 1.29 is 0 Å². The Labute approximate surface area is 277 Å². The van der Waals surface area contributed by atoms with Crippen LogP contribution in [0.15, 0.2) is 152 Å². The zero-order valence-electron chi connectivity index (χ0n) is 27.4. The molecule has 7 aromatic carbocycles. The van der Waals surface area contributed by atoms with Crippen LogP contribution in [0.4, 0.5) is 17.1 Å². The average molecular weight is 604 g/mol. The van der Waals surface area contributed by atoms with Crippen molar-refractivity contribution in [3.05, 3.63) is 174 Å². The molecule has 0 amide bonds. The van der Waals surface area contributed by atoms with Crippen molar-refractivity contribution in [2.75, 3.05) is 4.90 Å². The van der Waals surface area contributed by atoms with Gasteiger partial charge in [0.1, 0.15) is 0 Å². The number of hydrogen-bond acceptors (Lipinski definition) is 1. The molecule has 0 saturated heterocycles. The molecule has 2 aliphatic carbocycles. The molecule has 0 fully saturated rings. The second kappa shape index (κ2) is 10.0. The van der Waals surface area contributed by atoms with E-state index < -0.39 is 0 Å². The summed E-state index contributed by atoms with van der Waals surface area (Å²) in [4.78, 5) is 2.50. The lowest BCUT2D eigenvalue weighted by atomic mass is 9.78. The third-order valence-electron chi connectivity index (χ3n) is 10.8. The van der Waals surface area contributed by atoms with Gasteiger partial charge in [0, 0.05) is 27.6 Å². The third kappa shape index (κ3) is 4.02. The molecule has 2 aliphatic rings. The molecule has 9 rings (SSSR count). The van der Waals surface area contributed by atoms with E-state index in [4.69, 9.17) is 0 Å². The van der Waals surface area contributed by atoms with Crippen molar-refractivity contribution in [2.45, 2.75) is 38.5 Å². The number of hydrogen-bond donors (Lipinski definition) is 0. The summed E-state index contributed by atoms with van der Waals surface area (Å²) in [5.41, 5.74) is 16.7. The molecule has 1 heteroatoms. The zero-order valence-corrected chi connectivity index (χ0v) is 27.4. The SMILES string of the molecule is CC1(C)c2ccccc2-c2ccc(N(c3cc(-c4ccccc4)c4c(c3)-c3ccccc3C4(C)C)c3cccc4ccccc34)cc21. The molecule has 0 unspecified atom stereocenters. The fourth-order valence-electron chi connectivity index (χ4n) is 8.55. The number of nitrogens with zero attached hydrogens (tertiary/aromatic N) is 1. The fourth-order valence-corrected chi connectivity index (χ4v) is 8.55. The minimum absolute atomic E-state index is 0.0948. The highest BCUT2D eigenvalue weighted by molar-refractivity contribution is 6.01. The Balaban J connectivity index is 1.36. The predicted octanol–water partition coefficient (Wildman–Crippen LogP) is 12.6. The van der Waals surface area contributed by atoms with Gasteiger partial charge in [0.15, 0.2) is 0 Å². The summed E-state index contributed by atoms with van der Waals surface area (Å²) in [7, 11) is 0. The van der Waals surface area contributed by atoms with Crippen LogP contribution < -0.4 is 4.90 Å². The van der Waals surface area contributed by atoms with E-state index in [2.05, 4.69) is 184 Å². The van der Waals surface area contributed by atoms with E-state index in [1.165, 1.54) is 83.5 Å². The molecule has 1 nitrogen and oxygen atoms in total. The van der Waals surface area contributed by atoms with E-state index in [-0.39, 0.29) is 10.8 Å². The van der Waals surface area contributed by atoms with Gasteiger partial charge in [0.05, 0.1) is 5.69 Å². The maximum absolute atomic E-state index is 2.50. The first kappa shape index (κ1) is 27.9. The highest BCUT2D eigenvalue weighted by Gasteiger charge is 2.39. The van der Waals surface area contributed by atoms with Crippen LogP contribution in [0.5, 0.6) is 0 Å². The van der Waals surface area contributed by atoms with Gasteiger partial charge in [-0.2, -0.15) is 0 Å². The van der Waals surface area contributed by atoms with Crippen molar-refractivity contribution in [1.82, 2.24) is 0 Å². The first-order valence-electron chi connectivity index (χ1n) is 16.7. The van der Waals surface area contributed by atoms with Gasteiger partial charge in [0.25, 0.3) is 0 Å². The lowest BCUT2D eigenvalue weighted by molar-refractivity contribution is 0.660. The van der Waals surface area contributed by atoms with Crippen molar-refractivity contribution in [3.8, 4) is 33.4 Å². The minimum Gasteiger partial charge on any atom is -0.310 e. The Morgan fingerprint density at radius 1 is 0.404 bits per heavy atom. The third-order valence-corrected chi connectivity index (χ3v) is 10.8. The van der Waals surface area contributed by atoms with Gasteiger partial charge < -0.3 is 4.90 Å². The molecule has 0 spiro atoms. The average Bonchev–Trinajstić information content (AvgIpc) is 3.48. The Hall–Kier alpha value is -5.40. The Morgan fingerprint density at radius 3 is 1.79 bits per heavy atom. The van der Waals surface area contributed by atoms with E-state index in [9.17, 15) is 0 Å². The van der Waals surface area contributed by atoms with Gasteiger partial charge >= 0.3 is 0 Å². The first-order chi connectivity index (χ1) is 22.8. The molecule has 0 heterocycles. The van der Waals surface area contributed by atoms with Crippen LogP contribution in [0.25, 0.3) is 44.2 Å². The predicted molar refractivity (Wildman–Crippen MR) is 199 cm³/mol. The summed E-state index contributed by atoms with van der Waals surface area (Å²) in [6.45, 7) is 9.50. The van der Waals surface area contributed by atoms with Crippen molar-refractivity contribution in [3.63, 3.8) is 0 Å². The molecular weight excluding hydrogens is 567 g/mol. The fraction of sp³-hybridized carbons (Fsp3) is 0.130. The minimum atomic E-state index is -0.122. The zero-order chi connectivity index (χ0) is 31.9. The molecule has 0 aromatic heterocycles. The van der Waals surface area contributed by atoms with Crippen LogP contribution in [0.3, 0.4) is 0 Å². The van der Waals surface area contributed by atoms with Crippen molar-refractivity contribution >= 4 is 27.8 Å². The topological polar surface area (TPSA) is 3.24 Å². The highest BCUT2D eigenvalue weighted by Crippen LogP contribution is 2.56. The Bertz CT molecular complexity index is 2350. The second-order valence-electron chi connectivity index (χ2n) is 14.2. The second-order valence-corrected chi connectivity index (χ2v) is 14.2. The maximum Gasteiger partial charge on any atom is 0.0540 e. The van der Waals surface area contributed by atoms with Crippen molar-refractivity contribution in [2.24, 2.45) is 0 Å². The smallest absolute Gasteiger partial charge is 0.0540 e. The molecular formula is C46H37N. The van der Waals surface area contributed by atoms with Crippen LogP contribution >= 0.6 is 0 Å². The monoisotopic (exact) mass is 603 g/mol. The van der Waals surface area contributed by atoms with Gasteiger partial charge in [-0.05, 0) is 91.4 Å². The number of rotatable bonds is 4. The summed E-state index contributed by atoms with van der Waals surface area (Å²) < 4.78 is 0. The van der Waals surface area contributed by atoms with E-state index in [1.54, 1.807) is 0 Å². The quantitative estimate of drug-likeness (QED) is 0.193. The normalized spacial score (nSPS) is 14.7. The Morgan fingerprint density at radius 2 is 1.00 bits per heavy atom. The summed E-state index contributed by atoms with van der Waals surface area (Å²) in [5.74, 6) is 0. The molecule has 226 valence electrons. The van der Waals surface area contributed by atoms with Gasteiger partial charge in [-0.15, -0.1) is 0 Å². The van der Waals surface area contributed by atoms with E-state index in [0.717, 1.165) is 0 Å². The lowest BCUT2D eigenvalue weighted by Gasteiger charge is -2.31. The van der Waals surface area contributed by atoms with Crippen molar-refractivity contribution in [1.29, 1.82) is 0 Å². The summed E-state index contributed by atoms with van der Waals surface area (Å²) in [5, 5.41) is 2.47. The molecule has 47 heavy (non-hydrogen) atoms. The molecule has 0 N–H and O–H groups in total. The lowest BCUT2D eigenvalue weighted by Crippen LogP contribution is -2.18. The standard InChI is InChI=1S/C46H37N/c1-45(2)40-22-12-10-20-35(40)37-26-25-32(29-42(37)45)47(43-24-14-18-30-17-8-9-19-34(30)43)33-27-38(31-15-6-5-7-16-31)44-39(28-33)36-21-11-13-23-41(36)46(44,3)4/h5-29H,1-4H3. The number of fused-ring (bicyclic) bond motifs is 7. The number of anilines is 3. The summed E-state index contributed by atoms with van der Waals surface area (Å²) >= 11 is 0. The van der Waals surface area contributed by atoms with Gasteiger partial charge in [-0.3, -0.25) is 0 Å². The van der Waals surface area contributed by atoms with Crippen LogP contribution in [0.2, 0.25) is 0 Å². The summed E-state index contributed by atoms with van der Waals surface area (Å²) in [6.07, 6.45) is 0. The van der Waals surface area contributed by atoms with Crippen LogP contribution in [0.1, 0.15) is 49.9 Å².